The van der Waals surface area contributed by atoms with Crippen molar-refractivity contribution in [1.82, 2.24) is 15.1 Å². The molecule has 2 rings (SSSR count). The first-order chi connectivity index (χ1) is 9.67. The zero-order valence-electron chi connectivity index (χ0n) is 12.5. The van der Waals surface area contributed by atoms with Gasteiger partial charge >= 0.3 is 0 Å². The van der Waals surface area contributed by atoms with Gasteiger partial charge in [0.15, 0.2) is 0 Å². The molecule has 0 amide bonds. The SMILES string of the molecule is CC(CN1CCN(C)CC1)NCc1cccc(C#N)c1. The lowest BCUT2D eigenvalue weighted by Gasteiger charge is -2.34. The van der Waals surface area contributed by atoms with Crippen LogP contribution in [-0.4, -0.2) is 55.6 Å². The predicted molar refractivity (Wildman–Crippen MR) is 81.4 cm³/mol. The van der Waals surface area contributed by atoms with E-state index in [1.807, 2.05) is 18.2 Å². The first-order valence-electron chi connectivity index (χ1n) is 7.30. The van der Waals surface area contributed by atoms with Gasteiger partial charge in [-0.3, -0.25) is 4.90 Å². The van der Waals surface area contributed by atoms with Crippen LogP contribution in [0.25, 0.3) is 0 Å². The largest absolute Gasteiger partial charge is 0.309 e. The van der Waals surface area contributed by atoms with E-state index in [1.54, 1.807) is 0 Å². The highest BCUT2D eigenvalue weighted by Crippen LogP contribution is 2.05. The van der Waals surface area contributed by atoms with E-state index in [4.69, 9.17) is 5.26 Å². The third-order valence-corrected chi connectivity index (χ3v) is 3.84. The summed E-state index contributed by atoms with van der Waals surface area (Å²) >= 11 is 0. The number of piperazine rings is 1. The Morgan fingerprint density at radius 1 is 1.30 bits per heavy atom. The van der Waals surface area contributed by atoms with Gasteiger partial charge in [0.25, 0.3) is 0 Å². The van der Waals surface area contributed by atoms with E-state index < -0.39 is 0 Å². The maximum atomic E-state index is 8.90. The second-order valence-corrected chi connectivity index (χ2v) is 5.70. The van der Waals surface area contributed by atoms with E-state index in [0.29, 0.717) is 6.04 Å². The Morgan fingerprint density at radius 2 is 2.05 bits per heavy atom. The van der Waals surface area contributed by atoms with E-state index >= 15 is 0 Å². The molecule has 1 aromatic carbocycles. The van der Waals surface area contributed by atoms with Crippen LogP contribution >= 0.6 is 0 Å². The second kappa shape index (κ2) is 7.39. The molecule has 108 valence electrons. The maximum Gasteiger partial charge on any atom is 0.0991 e. The molecule has 1 aromatic rings. The van der Waals surface area contributed by atoms with Gasteiger partial charge in [-0.15, -0.1) is 0 Å². The smallest absolute Gasteiger partial charge is 0.0991 e. The van der Waals surface area contributed by atoms with Crippen molar-refractivity contribution >= 4 is 0 Å². The summed E-state index contributed by atoms with van der Waals surface area (Å²) < 4.78 is 0. The highest BCUT2D eigenvalue weighted by Gasteiger charge is 2.15. The Morgan fingerprint density at radius 3 is 2.75 bits per heavy atom. The number of benzene rings is 1. The maximum absolute atomic E-state index is 8.90. The number of rotatable bonds is 5. The molecule has 4 nitrogen and oxygen atoms in total. The highest BCUT2D eigenvalue weighted by atomic mass is 15.3. The molecular weight excluding hydrogens is 248 g/mol. The van der Waals surface area contributed by atoms with E-state index in [0.717, 1.165) is 44.8 Å². The number of hydrogen-bond donors (Lipinski definition) is 1. The third kappa shape index (κ3) is 4.61. The van der Waals surface area contributed by atoms with Gasteiger partial charge in [0.2, 0.25) is 0 Å². The molecule has 1 fully saturated rings. The van der Waals surface area contributed by atoms with Crippen molar-refractivity contribution < 1.29 is 0 Å². The fourth-order valence-corrected chi connectivity index (χ4v) is 2.53. The molecule has 0 saturated carbocycles. The van der Waals surface area contributed by atoms with Gasteiger partial charge in [-0.05, 0) is 31.7 Å². The third-order valence-electron chi connectivity index (χ3n) is 3.84. The molecule has 1 saturated heterocycles. The normalized spacial score (nSPS) is 18.6. The van der Waals surface area contributed by atoms with Crippen LogP contribution in [0.4, 0.5) is 0 Å². The van der Waals surface area contributed by atoms with Gasteiger partial charge in [0.05, 0.1) is 11.6 Å². The van der Waals surface area contributed by atoms with Crippen molar-refractivity contribution in [2.75, 3.05) is 39.8 Å². The monoisotopic (exact) mass is 272 g/mol. The van der Waals surface area contributed by atoms with Crippen molar-refractivity contribution in [3.8, 4) is 6.07 Å². The molecular formula is C16H24N4. The quantitative estimate of drug-likeness (QED) is 0.877. The topological polar surface area (TPSA) is 42.3 Å². The molecule has 1 atom stereocenters. The molecule has 0 radical (unpaired) electrons. The molecule has 1 heterocycles. The van der Waals surface area contributed by atoms with Crippen molar-refractivity contribution in [3.63, 3.8) is 0 Å². The number of nitrogens with one attached hydrogen (secondary N) is 1. The minimum atomic E-state index is 0.462. The van der Waals surface area contributed by atoms with Gasteiger partial charge in [0.1, 0.15) is 0 Å². The van der Waals surface area contributed by atoms with E-state index in [-0.39, 0.29) is 0 Å². The summed E-state index contributed by atoms with van der Waals surface area (Å²) in [5.41, 5.74) is 1.91. The summed E-state index contributed by atoms with van der Waals surface area (Å²) in [5, 5.41) is 12.4. The van der Waals surface area contributed by atoms with Crippen molar-refractivity contribution in [3.05, 3.63) is 35.4 Å². The van der Waals surface area contributed by atoms with Crippen LogP contribution in [0.3, 0.4) is 0 Å². The van der Waals surface area contributed by atoms with Crippen LogP contribution in [0, 0.1) is 11.3 Å². The van der Waals surface area contributed by atoms with Crippen molar-refractivity contribution in [2.45, 2.75) is 19.5 Å². The number of nitrogens with zero attached hydrogens (tertiary/aromatic N) is 3. The standard InChI is InChI=1S/C16H24N4/c1-14(13-20-8-6-19(2)7-9-20)18-12-16-5-3-4-15(10-16)11-17/h3-5,10,14,18H,6-9,12-13H2,1-2H3. The number of likely N-dealkylation sites (N-methyl/N-ethyl adjacent to an activating group) is 1. The number of nitriles is 1. The minimum absolute atomic E-state index is 0.462. The number of hydrogen-bond acceptors (Lipinski definition) is 4. The average molecular weight is 272 g/mol. The summed E-state index contributed by atoms with van der Waals surface area (Å²) in [7, 11) is 2.18. The molecule has 1 N–H and O–H groups in total. The first kappa shape index (κ1) is 15.0. The lowest BCUT2D eigenvalue weighted by molar-refractivity contribution is 0.144. The van der Waals surface area contributed by atoms with Crippen molar-refractivity contribution in [2.24, 2.45) is 0 Å². The predicted octanol–water partition coefficient (Wildman–Crippen LogP) is 1.28. The Bertz CT molecular complexity index is 458. The van der Waals surface area contributed by atoms with Gasteiger partial charge in [0, 0.05) is 45.3 Å². The lowest BCUT2D eigenvalue weighted by Crippen LogP contribution is -2.48. The lowest BCUT2D eigenvalue weighted by atomic mass is 10.1. The average Bonchev–Trinajstić information content (AvgIpc) is 2.48. The molecule has 0 bridgehead atoms. The molecule has 0 aliphatic carbocycles. The first-order valence-corrected chi connectivity index (χ1v) is 7.30. The Labute approximate surface area is 122 Å². The molecule has 1 aliphatic heterocycles. The molecule has 0 aromatic heterocycles. The van der Waals surface area contributed by atoms with Gasteiger partial charge < -0.3 is 10.2 Å². The highest BCUT2D eigenvalue weighted by molar-refractivity contribution is 5.32. The molecule has 20 heavy (non-hydrogen) atoms. The van der Waals surface area contributed by atoms with Crippen LogP contribution in [0.1, 0.15) is 18.1 Å². The fourth-order valence-electron chi connectivity index (χ4n) is 2.53. The Hall–Kier alpha value is -1.41. The van der Waals surface area contributed by atoms with Crippen LogP contribution in [0.15, 0.2) is 24.3 Å². The van der Waals surface area contributed by atoms with Crippen molar-refractivity contribution in [1.29, 1.82) is 5.26 Å². The fraction of sp³-hybridized carbons (Fsp3) is 0.562. The molecule has 0 spiro atoms. The zero-order valence-corrected chi connectivity index (χ0v) is 12.5. The van der Waals surface area contributed by atoms with Gasteiger partial charge in [-0.2, -0.15) is 5.26 Å². The summed E-state index contributed by atoms with van der Waals surface area (Å²) in [6, 6.07) is 10.5. The van der Waals surface area contributed by atoms with Crippen LogP contribution < -0.4 is 5.32 Å². The molecule has 4 heteroatoms. The summed E-state index contributed by atoms with van der Waals surface area (Å²) in [4.78, 5) is 4.89. The summed E-state index contributed by atoms with van der Waals surface area (Å²) in [6.45, 7) is 8.79. The van der Waals surface area contributed by atoms with E-state index in [9.17, 15) is 0 Å². The van der Waals surface area contributed by atoms with Crippen LogP contribution in [0.2, 0.25) is 0 Å². The zero-order chi connectivity index (χ0) is 14.4. The van der Waals surface area contributed by atoms with E-state index in [1.165, 1.54) is 5.56 Å². The Balaban J connectivity index is 1.74. The van der Waals surface area contributed by atoms with Crippen LogP contribution in [0.5, 0.6) is 0 Å². The summed E-state index contributed by atoms with van der Waals surface area (Å²) in [6.07, 6.45) is 0. The molecule has 1 unspecified atom stereocenters. The Kier molecular flexibility index (Phi) is 5.54. The van der Waals surface area contributed by atoms with E-state index in [2.05, 4.69) is 41.2 Å². The molecule has 1 aliphatic rings. The summed E-state index contributed by atoms with van der Waals surface area (Å²) in [5.74, 6) is 0. The van der Waals surface area contributed by atoms with Crippen LogP contribution in [-0.2, 0) is 6.54 Å². The second-order valence-electron chi connectivity index (χ2n) is 5.70. The van der Waals surface area contributed by atoms with Gasteiger partial charge in [-0.1, -0.05) is 12.1 Å². The van der Waals surface area contributed by atoms with Gasteiger partial charge in [-0.25, -0.2) is 0 Å². The minimum Gasteiger partial charge on any atom is -0.309 e.